The van der Waals surface area contributed by atoms with Crippen molar-refractivity contribution in [3.63, 3.8) is 0 Å². The molecule has 0 aliphatic rings. The number of amides is 1. The molecule has 0 bridgehead atoms. The van der Waals surface area contributed by atoms with Gasteiger partial charge in [-0.3, -0.25) is 19.6 Å². The van der Waals surface area contributed by atoms with Gasteiger partial charge in [0.2, 0.25) is 0 Å². The Bertz CT molecular complexity index is 901. The van der Waals surface area contributed by atoms with E-state index in [9.17, 15) is 14.9 Å². The fourth-order valence-corrected chi connectivity index (χ4v) is 2.61. The lowest BCUT2D eigenvalue weighted by Gasteiger charge is -2.16. The van der Waals surface area contributed by atoms with Crippen LogP contribution in [0.5, 0.6) is 0 Å². The Balaban J connectivity index is 1.66. The van der Waals surface area contributed by atoms with Crippen LogP contribution in [0.15, 0.2) is 59.3 Å². The van der Waals surface area contributed by atoms with E-state index in [4.69, 9.17) is 4.42 Å². The molecule has 0 radical (unpaired) electrons. The molecule has 1 aromatic carbocycles. The largest absolute Gasteiger partial charge is 0.454 e. The number of carbonyl (C=O) groups excluding carboxylic acids is 1. The zero-order valence-electron chi connectivity index (χ0n) is 14.2. The maximum atomic E-state index is 12.4. The molecular formula is C18H18N4O4. The first-order chi connectivity index (χ1) is 12.6. The van der Waals surface area contributed by atoms with E-state index < -0.39 is 4.92 Å². The van der Waals surface area contributed by atoms with E-state index >= 15 is 0 Å². The van der Waals surface area contributed by atoms with Gasteiger partial charge in [0, 0.05) is 0 Å². The molecule has 1 amide bonds. The number of aromatic nitrogens is 2. The molecule has 2 heterocycles. The lowest BCUT2D eigenvalue weighted by Crippen LogP contribution is -2.27. The van der Waals surface area contributed by atoms with Crippen LogP contribution >= 0.6 is 0 Å². The van der Waals surface area contributed by atoms with Crippen molar-refractivity contribution in [3.8, 4) is 0 Å². The van der Waals surface area contributed by atoms with Gasteiger partial charge in [0.1, 0.15) is 18.2 Å². The molecule has 134 valence electrons. The van der Waals surface area contributed by atoms with Crippen molar-refractivity contribution in [2.75, 3.05) is 0 Å². The van der Waals surface area contributed by atoms with E-state index in [-0.39, 0.29) is 29.9 Å². The van der Waals surface area contributed by atoms with Gasteiger partial charge in [0.05, 0.1) is 17.5 Å². The topological polar surface area (TPSA) is 103 Å². The van der Waals surface area contributed by atoms with Crippen LogP contribution in [-0.2, 0) is 6.54 Å². The molecule has 0 saturated carbocycles. The summed E-state index contributed by atoms with van der Waals surface area (Å²) >= 11 is 0. The molecule has 0 fully saturated rings. The minimum Gasteiger partial charge on any atom is -0.454 e. The monoisotopic (exact) mass is 354 g/mol. The second-order valence-electron chi connectivity index (χ2n) is 5.76. The van der Waals surface area contributed by atoms with Gasteiger partial charge in [0.15, 0.2) is 5.76 Å². The summed E-state index contributed by atoms with van der Waals surface area (Å²) < 4.78 is 6.94. The standard InChI is InChI=1S/C18H18N4O4/c1-2-16(13-6-4-3-5-7-13)20-18(23)17-9-8-15(26-17)12-21-11-14(10-19-21)22(24)25/h3-11,16H,2,12H2,1H3,(H,20,23). The highest BCUT2D eigenvalue weighted by atomic mass is 16.6. The highest BCUT2D eigenvalue weighted by Gasteiger charge is 2.17. The molecule has 8 heteroatoms. The third kappa shape index (κ3) is 3.97. The lowest BCUT2D eigenvalue weighted by atomic mass is 10.0. The average Bonchev–Trinajstić information content (AvgIpc) is 3.30. The maximum absolute atomic E-state index is 12.4. The molecule has 2 aromatic heterocycles. The van der Waals surface area contributed by atoms with E-state index in [1.54, 1.807) is 12.1 Å². The third-order valence-corrected chi connectivity index (χ3v) is 3.95. The number of nitrogens with one attached hydrogen (secondary N) is 1. The number of hydrogen-bond acceptors (Lipinski definition) is 5. The number of rotatable bonds is 7. The molecule has 0 aliphatic carbocycles. The quantitative estimate of drug-likeness (QED) is 0.518. The Kier molecular flexibility index (Phi) is 5.12. The number of nitro groups is 1. The van der Waals surface area contributed by atoms with Crippen LogP contribution < -0.4 is 5.32 Å². The Labute approximate surface area is 149 Å². The number of nitrogens with zero attached hydrogens (tertiary/aromatic N) is 3. The maximum Gasteiger partial charge on any atom is 0.307 e. The summed E-state index contributed by atoms with van der Waals surface area (Å²) in [4.78, 5) is 22.6. The molecule has 3 rings (SSSR count). The van der Waals surface area contributed by atoms with Crippen molar-refractivity contribution in [1.29, 1.82) is 0 Å². The molecule has 8 nitrogen and oxygen atoms in total. The van der Waals surface area contributed by atoms with Crippen LogP contribution in [0.1, 0.15) is 41.3 Å². The number of hydrogen-bond donors (Lipinski definition) is 1. The van der Waals surface area contributed by atoms with Crippen molar-refractivity contribution >= 4 is 11.6 Å². The van der Waals surface area contributed by atoms with Crippen LogP contribution in [-0.4, -0.2) is 20.6 Å². The summed E-state index contributed by atoms with van der Waals surface area (Å²) in [6.07, 6.45) is 3.23. The van der Waals surface area contributed by atoms with Gasteiger partial charge in [-0.15, -0.1) is 0 Å². The molecule has 1 atom stereocenters. The lowest BCUT2D eigenvalue weighted by molar-refractivity contribution is -0.385. The van der Waals surface area contributed by atoms with Crippen LogP contribution in [0.25, 0.3) is 0 Å². The van der Waals surface area contributed by atoms with Gasteiger partial charge >= 0.3 is 5.69 Å². The number of carbonyl (C=O) groups is 1. The molecule has 0 spiro atoms. The van der Waals surface area contributed by atoms with Crippen LogP contribution in [0, 0.1) is 10.1 Å². The molecule has 1 N–H and O–H groups in total. The van der Waals surface area contributed by atoms with Crippen molar-refractivity contribution < 1.29 is 14.1 Å². The van der Waals surface area contributed by atoms with Crippen molar-refractivity contribution in [2.24, 2.45) is 0 Å². The smallest absolute Gasteiger partial charge is 0.307 e. The number of furan rings is 1. The zero-order valence-corrected chi connectivity index (χ0v) is 14.2. The average molecular weight is 354 g/mol. The van der Waals surface area contributed by atoms with Crippen molar-refractivity contribution in [1.82, 2.24) is 15.1 Å². The Morgan fingerprint density at radius 3 is 2.73 bits per heavy atom. The summed E-state index contributed by atoms with van der Waals surface area (Å²) in [5.74, 6) is 0.371. The van der Waals surface area contributed by atoms with Crippen LogP contribution in [0.2, 0.25) is 0 Å². The van der Waals surface area contributed by atoms with Gasteiger partial charge in [-0.1, -0.05) is 37.3 Å². The minimum absolute atomic E-state index is 0.0943. The van der Waals surface area contributed by atoms with E-state index in [1.807, 2.05) is 37.3 Å². The first-order valence-electron chi connectivity index (χ1n) is 8.18. The van der Waals surface area contributed by atoms with Crippen molar-refractivity contribution in [3.05, 3.63) is 82.1 Å². The third-order valence-electron chi connectivity index (χ3n) is 3.95. The fraction of sp³-hybridized carbons (Fsp3) is 0.222. The predicted octanol–water partition coefficient (Wildman–Crippen LogP) is 3.31. The van der Waals surface area contributed by atoms with Gasteiger partial charge in [0.25, 0.3) is 5.91 Å². The summed E-state index contributed by atoms with van der Waals surface area (Å²) in [6, 6.07) is 12.9. The fourth-order valence-electron chi connectivity index (χ4n) is 2.61. The molecule has 0 aliphatic heterocycles. The summed E-state index contributed by atoms with van der Waals surface area (Å²) in [6.45, 7) is 2.20. The highest BCUT2D eigenvalue weighted by molar-refractivity contribution is 5.91. The molecule has 26 heavy (non-hydrogen) atoms. The molecular weight excluding hydrogens is 336 g/mol. The van der Waals surface area contributed by atoms with E-state index in [2.05, 4.69) is 10.4 Å². The SMILES string of the molecule is CCC(NC(=O)c1ccc(Cn2cc([N+](=O)[O-])cn2)o1)c1ccccc1. The van der Waals surface area contributed by atoms with Gasteiger partial charge < -0.3 is 9.73 Å². The van der Waals surface area contributed by atoms with Gasteiger partial charge in [-0.25, -0.2) is 0 Å². The predicted molar refractivity (Wildman–Crippen MR) is 93.6 cm³/mol. The van der Waals surface area contributed by atoms with Gasteiger partial charge in [-0.2, -0.15) is 5.10 Å². The zero-order chi connectivity index (χ0) is 18.5. The molecule has 3 aromatic rings. The number of benzene rings is 1. The van der Waals surface area contributed by atoms with Crippen LogP contribution in [0.4, 0.5) is 5.69 Å². The Hall–Kier alpha value is -3.42. The summed E-state index contributed by atoms with van der Waals surface area (Å²) in [7, 11) is 0. The first kappa shape index (κ1) is 17.4. The highest BCUT2D eigenvalue weighted by Crippen LogP contribution is 2.18. The van der Waals surface area contributed by atoms with E-state index in [1.165, 1.54) is 17.1 Å². The second kappa shape index (κ2) is 7.64. The Morgan fingerprint density at radius 1 is 1.31 bits per heavy atom. The van der Waals surface area contributed by atoms with E-state index in [0.29, 0.717) is 5.76 Å². The normalized spacial score (nSPS) is 11.9. The van der Waals surface area contributed by atoms with Crippen molar-refractivity contribution in [2.45, 2.75) is 25.9 Å². The Morgan fingerprint density at radius 2 is 2.08 bits per heavy atom. The van der Waals surface area contributed by atoms with Gasteiger partial charge in [-0.05, 0) is 24.1 Å². The summed E-state index contributed by atoms with van der Waals surface area (Å²) in [5.41, 5.74) is 0.933. The van der Waals surface area contributed by atoms with E-state index in [0.717, 1.165) is 12.0 Å². The van der Waals surface area contributed by atoms with Crippen LogP contribution in [0.3, 0.4) is 0 Å². The summed E-state index contributed by atoms with van der Waals surface area (Å²) in [5, 5.41) is 17.5. The second-order valence-corrected chi connectivity index (χ2v) is 5.76. The first-order valence-corrected chi connectivity index (χ1v) is 8.18. The molecule has 0 saturated heterocycles. The minimum atomic E-state index is -0.515. The molecule has 1 unspecified atom stereocenters.